The summed E-state index contributed by atoms with van der Waals surface area (Å²) in [5.41, 5.74) is 0.139. The zero-order valence-electron chi connectivity index (χ0n) is 17.3. The molecule has 0 bridgehead atoms. The van der Waals surface area contributed by atoms with Crippen LogP contribution in [0, 0.1) is 0 Å². The third-order valence-corrected chi connectivity index (χ3v) is 5.50. The van der Waals surface area contributed by atoms with Gasteiger partial charge in [-0.05, 0) is 81.7 Å². The molecule has 1 saturated heterocycles. The van der Waals surface area contributed by atoms with Crippen LogP contribution in [0.5, 0.6) is 11.5 Å². The van der Waals surface area contributed by atoms with Gasteiger partial charge in [0.05, 0.1) is 13.2 Å². The van der Waals surface area contributed by atoms with E-state index < -0.39 is 5.60 Å². The lowest BCUT2D eigenvalue weighted by Crippen LogP contribution is -2.48. The summed E-state index contributed by atoms with van der Waals surface area (Å²) in [6, 6.07) is 15.2. The van der Waals surface area contributed by atoms with E-state index in [1.54, 1.807) is 45.2 Å². The molecule has 1 amide bonds. The molecule has 5 nitrogen and oxygen atoms in total. The number of carbonyl (C=O) groups is 1. The summed E-state index contributed by atoms with van der Waals surface area (Å²) >= 11 is 5.92. The molecule has 0 spiro atoms. The van der Waals surface area contributed by atoms with Gasteiger partial charge in [0.25, 0.3) is 5.91 Å². The normalized spacial score (nSPS) is 15.7. The zero-order chi connectivity index (χ0) is 20.9. The predicted molar refractivity (Wildman–Crippen MR) is 116 cm³/mol. The maximum Gasteiger partial charge on any atom is 0.263 e. The Morgan fingerprint density at radius 2 is 1.83 bits per heavy atom. The van der Waals surface area contributed by atoms with E-state index in [1.165, 1.54) is 12.8 Å². The third kappa shape index (κ3) is 5.64. The van der Waals surface area contributed by atoms with Gasteiger partial charge in [-0.2, -0.15) is 0 Å². The molecule has 156 valence electrons. The highest BCUT2D eigenvalue weighted by molar-refractivity contribution is 6.30. The lowest BCUT2D eigenvalue weighted by Gasteiger charge is -2.31. The van der Waals surface area contributed by atoms with E-state index in [1.807, 2.05) is 18.2 Å². The van der Waals surface area contributed by atoms with Gasteiger partial charge >= 0.3 is 0 Å². The molecule has 2 aromatic carbocycles. The van der Waals surface area contributed by atoms with Gasteiger partial charge in [0.15, 0.2) is 5.60 Å². The smallest absolute Gasteiger partial charge is 0.263 e. The molecule has 1 unspecified atom stereocenters. The van der Waals surface area contributed by atoms with Gasteiger partial charge in [0, 0.05) is 11.6 Å². The Bertz CT molecular complexity index is 817. The van der Waals surface area contributed by atoms with Crippen LogP contribution in [-0.4, -0.2) is 43.2 Å². The lowest BCUT2D eigenvalue weighted by molar-refractivity contribution is -0.134. The molecule has 0 aromatic heterocycles. The number of hydrogen-bond donors (Lipinski definition) is 1. The highest BCUT2D eigenvalue weighted by Gasteiger charge is 2.32. The first kappa shape index (κ1) is 21.5. The van der Waals surface area contributed by atoms with E-state index in [2.05, 4.69) is 16.3 Å². The van der Waals surface area contributed by atoms with Crippen LogP contribution in [0.3, 0.4) is 0 Å². The third-order valence-electron chi connectivity index (χ3n) is 5.25. The Morgan fingerprint density at radius 3 is 2.48 bits per heavy atom. The molecule has 1 aliphatic heterocycles. The molecule has 1 atom stereocenters. The standard InChI is InChI=1S/C23H29ClN2O3/c1-23(2,29-19-11-9-18(24)10-12-19)22(27)25-16-21(26-13-4-5-14-26)17-7-6-8-20(15-17)28-3/h6-12,15,21H,4-5,13-14,16H2,1-3H3,(H,25,27). The number of methoxy groups -OCH3 is 1. The van der Waals surface area contributed by atoms with Crippen molar-refractivity contribution in [1.29, 1.82) is 0 Å². The Kier molecular flexibility index (Phi) is 7.04. The molecule has 1 aliphatic rings. The number of halogens is 1. The van der Waals surface area contributed by atoms with Crippen LogP contribution < -0.4 is 14.8 Å². The average molecular weight is 417 g/mol. The van der Waals surface area contributed by atoms with Crippen molar-refractivity contribution in [3.05, 3.63) is 59.1 Å². The van der Waals surface area contributed by atoms with E-state index in [-0.39, 0.29) is 11.9 Å². The summed E-state index contributed by atoms with van der Waals surface area (Å²) in [5.74, 6) is 1.28. The minimum atomic E-state index is -1.00. The number of carbonyl (C=O) groups excluding carboxylic acids is 1. The van der Waals surface area contributed by atoms with Crippen molar-refractivity contribution in [3.63, 3.8) is 0 Å². The van der Waals surface area contributed by atoms with Crippen LogP contribution >= 0.6 is 11.6 Å². The maximum atomic E-state index is 12.9. The Morgan fingerprint density at radius 1 is 1.14 bits per heavy atom. The van der Waals surface area contributed by atoms with Gasteiger partial charge in [0.2, 0.25) is 0 Å². The van der Waals surface area contributed by atoms with Gasteiger partial charge in [-0.15, -0.1) is 0 Å². The van der Waals surface area contributed by atoms with Crippen LogP contribution in [-0.2, 0) is 4.79 Å². The molecular formula is C23H29ClN2O3. The number of hydrogen-bond acceptors (Lipinski definition) is 4. The summed E-state index contributed by atoms with van der Waals surface area (Å²) in [6.07, 6.45) is 2.36. The van der Waals surface area contributed by atoms with Crippen LogP contribution in [0.4, 0.5) is 0 Å². The monoisotopic (exact) mass is 416 g/mol. The fraction of sp³-hybridized carbons (Fsp3) is 0.435. The first-order valence-electron chi connectivity index (χ1n) is 10.00. The van der Waals surface area contributed by atoms with E-state index >= 15 is 0 Å². The van der Waals surface area contributed by atoms with E-state index in [9.17, 15) is 4.79 Å². The van der Waals surface area contributed by atoms with Crippen molar-refractivity contribution in [2.75, 3.05) is 26.7 Å². The molecule has 1 N–H and O–H groups in total. The zero-order valence-corrected chi connectivity index (χ0v) is 18.0. The first-order valence-corrected chi connectivity index (χ1v) is 10.4. The summed E-state index contributed by atoms with van der Waals surface area (Å²) < 4.78 is 11.3. The second-order valence-electron chi connectivity index (χ2n) is 7.81. The SMILES string of the molecule is COc1cccc(C(CNC(=O)C(C)(C)Oc2ccc(Cl)cc2)N2CCCC2)c1. The number of nitrogens with one attached hydrogen (secondary N) is 1. The van der Waals surface area contributed by atoms with Gasteiger partial charge in [0.1, 0.15) is 11.5 Å². The lowest BCUT2D eigenvalue weighted by atomic mass is 10.0. The number of ether oxygens (including phenoxy) is 2. The summed E-state index contributed by atoms with van der Waals surface area (Å²) in [7, 11) is 1.67. The molecule has 1 heterocycles. The predicted octanol–water partition coefficient (Wildman–Crippen LogP) is 4.46. The van der Waals surface area contributed by atoms with Crippen molar-refractivity contribution < 1.29 is 14.3 Å². The van der Waals surface area contributed by atoms with Crippen LogP contribution in [0.15, 0.2) is 48.5 Å². The number of benzene rings is 2. The molecule has 2 aromatic rings. The van der Waals surface area contributed by atoms with Crippen molar-refractivity contribution in [2.24, 2.45) is 0 Å². The van der Waals surface area contributed by atoms with Crippen molar-refractivity contribution in [2.45, 2.75) is 38.3 Å². The molecule has 3 rings (SSSR count). The van der Waals surface area contributed by atoms with Crippen molar-refractivity contribution >= 4 is 17.5 Å². The van der Waals surface area contributed by atoms with E-state index in [4.69, 9.17) is 21.1 Å². The Hall–Kier alpha value is -2.24. The minimum absolute atomic E-state index is 0.0999. The fourth-order valence-electron chi connectivity index (χ4n) is 3.61. The number of likely N-dealkylation sites (tertiary alicyclic amines) is 1. The number of nitrogens with zero attached hydrogens (tertiary/aromatic N) is 1. The second-order valence-corrected chi connectivity index (χ2v) is 8.25. The quantitative estimate of drug-likeness (QED) is 0.690. The maximum absolute atomic E-state index is 12.9. The van der Waals surface area contributed by atoms with Gasteiger partial charge in [-0.1, -0.05) is 23.7 Å². The second kappa shape index (κ2) is 9.51. The summed E-state index contributed by atoms with van der Waals surface area (Å²) in [4.78, 5) is 15.3. The van der Waals surface area contributed by atoms with Gasteiger partial charge in [-0.3, -0.25) is 9.69 Å². The van der Waals surface area contributed by atoms with Crippen molar-refractivity contribution in [1.82, 2.24) is 10.2 Å². The van der Waals surface area contributed by atoms with Gasteiger partial charge in [-0.25, -0.2) is 0 Å². The first-order chi connectivity index (χ1) is 13.9. The largest absolute Gasteiger partial charge is 0.497 e. The summed E-state index contributed by atoms with van der Waals surface area (Å²) in [6.45, 7) is 6.12. The molecule has 0 aliphatic carbocycles. The van der Waals surface area contributed by atoms with E-state index in [0.717, 1.165) is 24.4 Å². The highest BCUT2D eigenvalue weighted by Crippen LogP contribution is 2.27. The molecular weight excluding hydrogens is 388 g/mol. The highest BCUT2D eigenvalue weighted by atomic mass is 35.5. The molecule has 1 fully saturated rings. The molecule has 0 saturated carbocycles. The Balaban J connectivity index is 1.69. The summed E-state index contributed by atoms with van der Waals surface area (Å²) in [5, 5.41) is 3.73. The topological polar surface area (TPSA) is 50.8 Å². The van der Waals surface area contributed by atoms with Crippen LogP contribution in [0.25, 0.3) is 0 Å². The number of rotatable bonds is 8. The van der Waals surface area contributed by atoms with Crippen LogP contribution in [0.2, 0.25) is 5.02 Å². The molecule has 6 heteroatoms. The van der Waals surface area contributed by atoms with E-state index in [0.29, 0.717) is 17.3 Å². The molecule has 0 radical (unpaired) electrons. The van der Waals surface area contributed by atoms with Gasteiger partial charge < -0.3 is 14.8 Å². The molecule has 29 heavy (non-hydrogen) atoms. The fourth-order valence-corrected chi connectivity index (χ4v) is 3.73. The Labute approximate surface area is 177 Å². The average Bonchev–Trinajstić information content (AvgIpc) is 3.24. The van der Waals surface area contributed by atoms with Crippen LogP contribution in [0.1, 0.15) is 38.3 Å². The minimum Gasteiger partial charge on any atom is -0.497 e. The van der Waals surface area contributed by atoms with Crippen molar-refractivity contribution in [3.8, 4) is 11.5 Å². The number of amides is 1.